The molecular weight excluding hydrogens is 381 g/mol. The summed E-state index contributed by atoms with van der Waals surface area (Å²) in [5.74, 6) is -0.837. The Morgan fingerprint density at radius 2 is 1.53 bits per heavy atom. The van der Waals surface area contributed by atoms with Crippen molar-refractivity contribution in [3.8, 4) is 0 Å². The van der Waals surface area contributed by atoms with Gasteiger partial charge >= 0.3 is 0 Å². The molecule has 0 aliphatic rings. The van der Waals surface area contributed by atoms with Crippen LogP contribution >= 0.6 is 0 Å². The van der Waals surface area contributed by atoms with E-state index < -0.39 is 5.82 Å². The highest BCUT2D eigenvalue weighted by Gasteiger charge is 2.18. The Kier molecular flexibility index (Phi) is 7.29. The summed E-state index contributed by atoms with van der Waals surface area (Å²) in [6.07, 6.45) is 0.669. The Hall–Kier alpha value is -3.51. The number of carbonyl (C=O) groups is 2. The summed E-state index contributed by atoms with van der Waals surface area (Å²) in [5, 5.41) is 2.86. The van der Waals surface area contributed by atoms with Crippen LogP contribution < -0.4 is 11.1 Å². The van der Waals surface area contributed by atoms with Gasteiger partial charge in [-0.2, -0.15) is 0 Å². The average Bonchev–Trinajstić information content (AvgIpc) is 2.78. The Labute approximate surface area is 175 Å². The zero-order valence-electron chi connectivity index (χ0n) is 16.6. The second kappa shape index (κ2) is 10.3. The van der Waals surface area contributed by atoms with Gasteiger partial charge in [0.25, 0.3) is 11.8 Å². The molecule has 0 aliphatic heterocycles. The highest BCUT2D eigenvalue weighted by atomic mass is 19.1. The molecule has 3 N–H and O–H groups in total. The van der Waals surface area contributed by atoms with Crippen molar-refractivity contribution >= 4 is 17.5 Å². The largest absolute Gasteiger partial charge is 0.334 e. The van der Waals surface area contributed by atoms with Crippen LogP contribution in [0.5, 0.6) is 0 Å². The molecule has 0 atom stereocenters. The summed E-state index contributed by atoms with van der Waals surface area (Å²) in [6, 6.07) is 21.7. The molecule has 0 bridgehead atoms. The Bertz CT molecular complexity index is 991. The molecule has 3 aromatic rings. The molecule has 0 saturated heterocycles. The lowest BCUT2D eigenvalue weighted by molar-refractivity contribution is 0.0742. The van der Waals surface area contributed by atoms with Crippen LogP contribution in [0, 0.1) is 5.82 Å². The molecule has 154 valence electrons. The van der Waals surface area contributed by atoms with Crippen molar-refractivity contribution in [2.75, 3.05) is 18.4 Å². The number of amides is 2. The smallest absolute Gasteiger partial charge is 0.255 e. The number of nitrogens with two attached hydrogens (primary N) is 1. The number of benzene rings is 3. The van der Waals surface area contributed by atoms with Gasteiger partial charge in [0.05, 0.1) is 0 Å². The Morgan fingerprint density at radius 3 is 2.23 bits per heavy atom. The van der Waals surface area contributed by atoms with Crippen LogP contribution in [-0.2, 0) is 6.54 Å². The maximum Gasteiger partial charge on any atom is 0.255 e. The van der Waals surface area contributed by atoms with E-state index in [0.29, 0.717) is 42.9 Å². The van der Waals surface area contributed by atoms with Gasteiger partial charge in [0.15, 0.2) is 0 Å². The summed E-state index contributed by atoms with van der Waals surface area (Å²) in [7, 11) is 0. The van der Waals surface area contributed by atoms with Gasteiger partial charge in [-0.25, -0.2) is 4.39 Å². The molecule has 0 saturated carbocycles. The summed E-state index contributed by atoms with van der Waals surface area (Å²) >= 11 is 0. The fourth-order valence-electron chi connectivity index (χ4n) is 3.08. The van der Waals surface area contributed by atoms with Gasteiger partial charge in [0, 0.05) is 29.9 Å². The van der Waals surface area contributed by atoms with Crippen molar-refractivity contribution in [1.82, 2.24) is 4.90 Å². The fourth-order valence-corrected chi connectivity index (χ4v) is 3.08. The van der Waals surface area contributed by atoms with Crippen LogP contribution in [0.4, 0.5) is 10.1 Å². The lowest BCUT2D eigenvalue weighted by atomic mass is 10.1. The van der Waals surface area contributed by atoms with Gasteiger partial charge in [0.1, 0.15) is 5.82 Å². The third-order valence-electron chi connectivity index (χ3n) is 4.67. The lowest BCUT2D eigenvalue weighted by Gasteiger charge is -2.24. The molecule has 0 aromatic heterocycles. The van der Waals surface area contributed by atoms with E-state index >= 15 is 0 Å². The minimum Gasteiger partial charge on any atom is -0.334 e. The fraction of sp³-hybridized carbons (Fsp3) is 0.167. The topological polar surface area (TPSA) is 75.4 Å². The quantitative estimate of drug-likeness (QED) is 0.593. The number of rotatable bonds is 8. The number of nitrogens with one attached hydrogen (secondary N) is 1. The minimum atomic E-state index is -0.401. The third-order valence-corrected chi connectivity index (χ3v) is 4.67. The first-order valence-corrected chi connectivity index (χ1v) is 9.77. The predicted molar refractivity (Wildman–Crippen MR) is 116 cm³/mol. The van der Waals surface area contributed by atoms with Crippen molar-refractivity contribution in [3.63, 3.8) is 0 Å². The molecular formula is C24H24FN3O2. The van der Waals surface area contributed by atoms with Crippen molar-refractivity contribution in [2.45, 2.75) is 13.0 Å². The van der Waals surface area contributed by atoms with E-state index in [1.54, 1.807) is 23.1 Å². The number of halogens is 1. The number of hydrogen-bond donors (Lipinski definition) is 2. The molecule has 2 amide bonds. The van der Waals surface area contributed by atoms with Crippen LogP contribution in [0.3, 0.4) is 0 Å². The number of anilines is 1. The van der Waals surface area contributed by atoms with E-state index in [-0.39, 0.29) is 11.8 Å². The van der Waals surface area contributed by atoms with Crippen LogP contribution in [0.2, 0.25) is 0 Å². The third kappa shape index (κ3) is 5.52. The molecule has 0 unspecified atom stereocenters. The van der Waals surface area contributed by atoms with Crippen molar-refractivity contribution in [2.24, 2.45) is 5.73 Å². The van der Waals surface area contributed by atoms with Crippen molar-refractivity contribution in [1.29, 1.82) is 0 Å². The zero-order chi connectivity index (χ0) is 21.3. The standard InChI is InChI=1S/C24H24FN3O2/c25-21-13-11-18(12-14-21)23(29)27-22-10-5-4-9-20(22)17-28(16-6-15-26)24(30)19-7-2-1-3-8-19/h1-5,7-14H,6,15-17,26H2,(H,27,29). The van der Waals surface area contributed by atoms with Crippen LogP contribution in [0.1, 0.15) is 32.7 Å². The Morgan fingerprint density at radius 1 is 0.867 bits per heavy atom. The lowest BCUT2D eigenvalue weighted by Crippen LogP contribution is -2.33. The highest BCUT2D eigenvalue weighted by molar-refractivity contribution is 6.04. The number of para-hydroxylation sites is 1. The van der Waals surface area contributed by atoms with Crippen molar-refractivity contribution < 1.29 is 14.0 Å². The molecule has 0 aliphatic carbocycles. The molecule has 0 fully saturated rings. The molecule has 5 nitrogen and oxygen atoms in total. The Balaban J connectivity index is 1.80. The van der Waals surface area contributed by atoms with E-state index in [1.807, 2.05) is 36.4 Å². The molecule has 6 heteroatoms. The van der Waals surface area contributed by atoms with Gasteiger partial charge in [-0.15, -0.1) is 0 Å². The molecule has 0 spiro atoms. The van der Waals surface area contributed by atoms with Crippen LogP contribution in [0.25, 0.3) is 0 Å². The molecule has 30 heavy (non-hydrogen) atoms. The second-order valence-corrected chi connectivity index (χ2v) is 6.85. The van der Waals surface area contributed by atoms with E-state index in [1.165, 1.54) is 24.3 Å². The number of hydrogen-bond acceptors (Lipinski definition) is 3. The first-order valence-electron chi connectivity index (χ1n) is 9.77. The summed E-state index contributed by atoms with van der Waals surface area (Å²) in [5.41, 5.74) is 8.01. The predicted octanol–water partition coefficient (Wildman–Crippen LogP) is 4.07. The average molecular weight is 405 g/mol. The highest BCUT2D eigenvalue weighted by Crippen LogP contribution is 2.20. The maximum absolute atomic E-state index is 13.1. The maximum atomic E-state index is 13.1. The van der Waals surface area contributed by atoms with Gasteiger partial charge in [-0.1, -0.05) is 36.4 Å². The zero-order valence-corrected chi connectivity index (χ0v) is 16.6. The van der Waals surface area contributed by atoms with Crippen molar-refractivity contribution in [3.05, 3.63) is 101 Å². The number of carbonyl (C=O) groups excluding carboxylic acids is 2. The van der Waals surface area contributed by atoms with Crippen LogP contribution in [-0.4, -0.2) is 29.8 Å². The van der Waals surface area contributed by atoms with Gasteiger partial charge < -0.3 is 16.0 Å². The van der Waals surface area contributed by atoms with Crippen LogP contribution in [0.15, 0.2) is 78.9 Å². The summed E-state index contributed by atoms with van der Waals surface area (Å²) in [6.45, 7) is 1.31. The van der Waals surface area contributed by atoms with E-state index in [9.17, 15) is 14.0 Å². The molecule has 0 radical (unpaired) electrons. The minimum absolute atomic E-state index is 0.0938. The summed E-state index contributed by atoms with van der Waals surface area (Å²) in [4.78, 5) is 27.3. The van der Waals surface area contributed by atoms with E-state index in [0.717, 1.165) is 5.56 Å². The molecule has 0 heterocycles. The summed E-state index contributed by atoms with van der Waals surface area (Å²) < 4.78 is 13.1. The van der Waals surface area contributed by atoms with Gasteiger partial charge in [-0.3, -0.25) is 9.59 Å². The monoisotopic (exact) mass is 405 g/mol. The normalized spacial score (nSPS) is 10.5. The second-order valence-electron chi connectivity index (χ2n) is 6.85. The van der Waals surface area contributed by atoms with Gasteiger partial charge in [-0.05, 0) is 61.0 Å². The number of nitrogens with zero attached hydrogens (tertiary/aromatic N) is 1. The molecule has 3 rings (SSSR count). The van der Waals surface area contributed by atoms with Gasteiger partial charge in [0.2, 0.25) is 0 Å². The first-order chi connectivity index (χ1) is 14.6. The SMILES string of the molecule is NCCCN(Cc1ccccc1NC(=O)c1ccc(F)cc1)C(=O)c1ccccc1. The first kappa shape index (κ1) is 21.2. The van der Waals surface area contributed by atoms with E-state index in [2.05, 4.69) is 5.32 Å². The molecule has 3 aromatic carbocycles. The van der Waals surface area contributed by atoms with E-state index in [4.69, 9.17) is 5.73 Å².